The minimum absolute atomic E-state index is 0.135. The van der Waals surface area contributed by atoms with E-state index in [9.17, 15) is 4.79 Å². The number of amides is 1. The van der Waals surface area contributed by atoms with Gasteiger partial charge in [-0.2, -0.15) is 0 Å². The number of hydrogen-bond donors (Lipinski definition) is 1. The van der Waals surface area contributed by atoms with Crippen molar-refractivity contribution < 1.29 is 4.79 Å². The van der Waals surface area contributed by atoms with E-state index in [1.165, 1.54) is 18.4 Å². The van der Waals surface area contributed by atoms with E-state index in [4.69, 9.17) is 0 Å². The summed E-state index contributed by atoms with van der Waals surface area (Å²) in [6.45, 7) is 7.19. The molecule has 2 rings (SSSR count). The Kier molecular flexibility index (Phi) is 5.60. The molecule has 1 aromatic carbocycles. The molecule has 1 aliphatic rings. The first-order valence-corrected chi connectivity index (χ1v) is 7.76. The van der Waals surface area contributed by atoms with Crippen molar-refractivity contribution in [3.8, 4) is 0 Å². The zero-order valence-electron chi connectivity index (χ0n) is 12.6. The summed E-state index contributed by atoms with van der Waals surface area (Å²) < 4.78 is 0. The van der Waals surface area contributed by atoms with Gasteiger partial charge in [0, 0.05) is 13.0 Å². The predicted octanol–water partition coefficient (Wildman–Crippen LogP) is 2.99. The largest absolute Gasteiger partial charge is 0.354 e. The van der Waals surface area contributed by atoms with Gasteiger partial charge in [0.15, 0.2) is 0 Å². The van der Waals surface area contributed by atoms with Crippen LogP contribution in [0.4, 0.5) is 0 Å². The maximum absolute atomic E-state index is 11.6. The van der Waals surface area contributed by atoms with Gasteiger partial charge in [0.25, 0.3) is 0 Å². The third kappa shape index (κ3) is 4.07. The number of carbonyl (C=O) groups excluding carboxylic acids is 1. The first-order valence-electron chi connectivity index (χ1n) is 7.76. The molecule has 1 fully saturated rings. The number of piperidine rings is 1. The molecule has 0 saturated carbocycles. The van der Waals surface area contributed by atoms with Gasteiger partial charge in [0.1, 0.15) is 0 Å². The molecule has 3 nitrogen and oxygen atoms in total. The highest BCUT2D eigenvalue weighted by Gasteiger charge is 2.24. The quantitative estimate of drug-likeness (QED) is 0.895. The normalized spacial score (nSPS) is 18.7. The van der Waals surface area contributed by atoms with E-state index < -0.39 is 0 Å². The Labute approximate surface area is 122 Å². The van der Waals surface area contributed by atoms with Crippen LogP contribution in [0.1, 0.15) is 44.7 Å². The Bertz CT molecular complexity index is 410. The van der Waals surface area contributed by atoms with Crippen LogP contribution in [0.5, 0.6) is 0 Å². The lowest BCUT2D eigenvalue weighted by atomic mass is 9.95. The summed E-state index contributed by atoms with van der Waals surface area (Å²) in [5, 5.41) is 3.06. The molecule has 20 heavy (non-hydrogen) atoms. The molecule has 1 heterocycles. The fourth-order valence-corrected chi connectivity index (χ4v) is 2.81. The third-order valence-electron chi connectivity index (χ3n) is 4.26. The van der Waals surface area contributed by atoms with Crippen molar-refractivity contribution in [3.05, 3.63) is 35.9 Å². The standard InChI is InChI=1S/C17H26N2O/c1-3-17(20)18-13-16(15-7-5-4-6-8-15)19-11-9-14(2)10-12-19/h4-8,14,16H,3,9-13H2,1-2H3,(H,18,20). The van der Waals surface area contributed by atoms with E-state index in [1.54, 1.807) is 0 Å². The molecule has 1 N–H and O–H groups in total. The fourth-order valence-electron chi connectivity index (χ4n) is 2.81. The van der Waals surface area contributed by atoms with Crippen LogP contribution in [0.3, 0.4) is 0 Å². The van der Waals surface area contributed by atoms with Crippen LogP contribution in [-0.4, -0.2) is 30.4 Å². The van der Waals surface area contributed by atoms with Crippen LogP contribution in [0.15, 0.2) is 30.3 Å². The molecule has 1 atom stereocenters. The second-order valence-electron chi connectivity index (χ2n) is 5.80. The molecule has 0 radical (unpaired) electrons. The Balaban J connectivity index is 2.05. The summed E-state index contributed by atoms with van der Waals surface area (Å²) in [4.78, 5) is 14.1. The van der Waals surface area contributed by atoms with Gasteiger partial charge in [0.05, 0.1) is 6.04 Å². The Hall–Kier alpha value is -1.35. The summed E-state index contributed by atoms with van der Waals surface area (Å²) >= 11 is 0. The highest BCUT2D eigenvalue weighted by Crippen LogP contribution is 2.26. The molecule has 1 saturated heterocycles. The molecule has 1 unspecified atom stereocenters. The van der Waals surface area contributed by atoms with Crippen LogP contribution >= 0.6 is 0 Å². The topological polar surface area (TPSA) is 32.3 Å². The lowest BCUT2D eigenvalue weighted by Crippen LogP contribution is -2.41. The minimum Gasteiger partial charge on any atom is -0.354 e. The number of likely N-dealkylation sites (tertiary alicyclic amines) is 1. The third-order valence-corrected chi connectivity index (χ3v) is 4.26. The fraction of sp³-hybridized carbons (Fsp3) is 0.588. The van der Waals surface area contributed by atoms with Crippen LogP contribution in [0, 0.1) is 5.92 Å². The summed E-state index contributed by atoms with van der Waals surface area (Å²) in [6, 6.07) is 10.8. The first-order chi connectivity index (χ1) is 9.70. The zero-order chi connectivity index (χ0) is 14.4. The van der Waals surface area contributed by atoms with Crippen LogP contribution in [0.25, 0.3) is 0 Å². The molecule has 0 aromatic heterocycles. The smallest absolute Gasteiger partial charge is 0.219 e. The van der Waals surface area contributed by atoms with Crippen LogP contribution < -0.4 is 5.32 Å². The number of nitrogens with one attached hydrogen (secondary N) is 1. The van der Waals surface area contributed by atoms with Crippen LogP contribution in [0.2, 0.25) is 0 Å². The van der Waals surface area contributed by atoms with Crippen molar-refractivity contribution in [3.63, 3.8) is 0 Å². The van der Waals surface area contributed by atoms with E-state index in [0.717, 1.165) is 19.0 Å². The van der Waals surface area contributed by atoms with Gasteiger partial charge >= 0.3 is 0 Å². The minimum atomic E-state index is 0.135. The predicted molar refractivity (Wildman–Crippen MR) is 82.5 cm³/mol. The number of benzene rings is 1. The molecule has 1 aliphatic heterocycles. The average molecular weight is 274 g/mol. The van der Waals surface area contributed by atoms with Gasteiger partial charge in [-0.15, -0.1) is 0 Å². The maximum atomic E-state index is 11.6. The zero-order valence-corrected chi connectivity index (χ0v) is 12.6. The maximum Gasteiger partial charge on any atom is 0.219 e. The van der Waals surface area contributed by atoms with E-state index in [0.29, 0.717) is 19.0 Å². The molecule has 3 heteroatoms. The molecule has 110 valence electrons. The lowest BCUT2D eigenvalue weighted by molar-refractivity contribution is -0.121. The second-order valence-corrected chi connectivity index (χ2v) is 5.80. The molecular weight excluding hydrogens is 248 g/mol. The molecular formula is C17H26N2O. The van der Waals surface area contributed by atoms with E-state index in [1.807, 2.05) is 13.0 Å². The summed E-state index contributed by atoms with van der Waals surface area (Å²) in [6.07, 6.45) is 3.06. The Morgan fingerprint density at radius 2 is 1.95 bits per heavy atom. The summed E-state index contributed by atoms with van der Waals surface area (Å²) in [5.74, 6) is 0.962. The number of hydrogen-bond acceptors (Lipinski definition) is 2. The second kappa shape index (κ2) is 7.44. The van der Waals surface area contributed by atoms with E-state index in [2.05, 4.69) is 41.4 Å². The van der Waals surface area contributed by atoms with Gasteiger partial charge < -0.3 is 5.32 Å². The number of carbonyl (C=O) groups is 1. The number of rotatable bonds is 5. The van der Waals surface area contributed by atoms with Crippen molar-refractivity contribution in [2.24, 2.45) is 5.92 Å². The molecule has 0 aliphatic carbocycles. The van der Waals surface area contributed by atoms with E-state index >= 15 is 0 Å². The Morgan fingerprint density at radius 3 is 2.55 bits per heavy atom. The van der Waals surface area contributed by atoms with Gasteiger partial charge in [0.2, 0.25) is 5.91 Å². The highest BCUT2D eigenvalue weighted by atomic mass is 16.1. The van der Waals surface area contributed by atoms with Gasteiger partial charge in [-0.05, 0) is 37.4 Å². The van der Waals surface area contributed by atoms with Crippen molar-refractivity contribution >= 4 is 5.91 Å². The first kappa shape index (κ1) is 15.0. The molecule has 1 amide bonds. The summed E-state index contributed by atoms with van der Waals surface area (Å²) in [7, 11) is 0. The molecule has 0 spiro atoms. The van der Waals surface area contributed by atoms with Crippen molar-refractivity contribution in [2.45, 2.75) is 39.2 Å². The molecule has 0 bridgehead atoms. The summed E-state index contributed by atoms with van der Waals surface area (Å²) in [5.41, 5.74) is 1.30. The Morgan fingerprint density at radius 1 is 1.30 bits per heavy atom. The van der Waals surface area contributed by atoms with Crippen LogP contribution in [-0.2, 0) is 4.79 Å². The van der Waals surface area contributed by atoms with Gasteiger partial charge in [-0.3, -0.25) is 9.69 Å². The lowest BCUT2D eigenvalue weighted by Gasteiger charge is -2.37. The van der Waals surface area contributed by atoms with Gasteiger partial charge in [-0.1, -0.05) is 44.2 Å². The SMILES string of the molecule is CCC(=O)NCC(c1ccccc1)N1CCC(C)CC1. The molecule has 1 aromatic rings. The monoisotopic (exact) mass is 274 g/mol. The van der Waals surface area contributed by atoms with Crippen molar-refractivity contribution in [1.29, 1.82) is 0 Å². The highest BCUT2D eigenvalue weighted by molar-refractivity contribution is 5.75. The van der Waals surface area contributed by atoms with E-state index in [-0.39, 0.29) is 5.91 Å². The average Bonchev–Trinajstić information content (AvgIpc) is 2.50. The number of nitrogens with zero attached hydrogens (tertiary/aromatic N) is 1. The van der Waals surface area contributed by atoms with Crippen molar-refractivity contribution in [2.75, 3.05) is 19.6 Å². The van der Waals surface area contributed by atoms with Crippen molar-refractivity contribution in [1.82, 2.24) is 10.2 Å². The van der Waals surface area contributed by atoms with Gasteiger partial charge in [-0.25, -0.2) is 0 Å².